The Balaban J connectivity index is 1.64. The molecule has 2 N–H and O–H groups in total. The molecule has 0 saturated heterocycles. The first-order chi connectivity index (χ1) is 10.3. The average Bonchev–Trinajstić information content (AvgIpc) is 3.34. The Hall–Kier alpha value is -2.04. The fourth-order valence-electron chi connectivity index (χ4n) is 2.67. The molecule has 5 nitrogen and oxygen atoms in total. The topological polar surface area (TPSA) is 70.9 Å². The third-order valence-corrected chi connectivity index (χ3v) is 4.05. The van der Waals surface area contributed by atoms with E-state index < -0.39 is 0 Å². The molecule has 1 amide bonds. The van der Waals surface area contributed by atoms with Crippen LogP contribution in [0.15, 0.2) is 23.4 Å². The summed E-state index contributed by atoms with van der Waals surface area (Å²) in [5, 5.41) is 15.3. The van der Waals surface area contributed by atoms with E-state index >= 15 is 0 Å². The molecule has 21 heavy (non-hydrogen) atoms. The van der Waals surface area contributed by atoms with Crippen molar-refractivity contribution < 1.29 is 14.7 Å². The van der Waals surface area contributed by atoms with Gasteiger partial charge < -0.3 is 15.3 Å². The lowest BCUT2D eigenvalue weighted by Gasteiger charge is -2.20. The number of ether oxygens (including phenoxy) is 1. The van der Waals surface area contributed by atoms with Gasteiger partial charge in [0.05, 0.1) is 5.71 Å². The Kier molecular flexibility index (Phi) is 4.08. The van der Waals surface area contributed by atoms with Crippen molar-refractivity contribution in [2.45, 2.75) is 32.1 Å². The number of benzene rings is 1. The summed E-state index contributed by atoms with van der Waals surface area (Å²) >= 11 is 0. The van der Waals surface area contributed by atoms with Crippen LogP contribution in [0.1, 0.15) is 36.8 Å². The fraction of sp³-hybridized carbons (Fsp3) is 0.500. The molecule has 1 fully saturated rings. The minimum atomic E-state index is -0.0774. The fourth-order valence-corrected chi connectivity index (χ4v) is 2.67. The van der Waals surface area contributed by atoms with Gasteiger partial charge in [0.2, 0.25) is 0 Å². The van der Waals surface area contributed by atoms with E-state index in [0.717, 1.165) is 42.7 Å². The van der Waals surface area contributed by atoms with Gasteiger partial charge in [-0.25, -0.2) is 0 Å². The molecule has 0 spiro atoms. The van der Waals surface area contributed by atoms with Crippen LogP contribution in [-0.4, -0.2) is 30.0 Å². The van der Waals surface area contributed by atoms with Gasteiger partial charge in [-0.2, -0.15) is 0 Å². The van der Waals surface area contributed by atoms with E-state index in [1.165, 1.54) is 12.8 Å². The number of amides is 1. The van der Waals surface area contributed by atoms with Crippen LogP contribution >= 0.6 is 0 Å². The maximum atomic E-state index is 11.7. The van der Waals surface area contributed by atoms with Gasteiger partial charge in [0.1, 0.15) is 5.75 Å². The number of carbonyl (C=O) groups is 1. The summed E-state index contributed by atoms with van der Waals surface area (Å²) < 4.78 is 5.66. The third kappa shape index (κ3) is 3.35. The van der Waals surface area contributed by atoms with Crippen LogP contribution in [0.2, 0.25) is 0 Å². The van der Waals surface area contributed by atoms with Gasteiger partial charge in [0.25, 0.3) is 5.91 Å². The number of fused-ring (bicyclic) bond motifs is 1. The zero-order valence-electron chi connectivity index (χ0n) is 12.0. The number of carbonyl (C=O) groups excluding carboxylic acids is 1. The Morgan fingerprint density at radius 3 is 3.00 bits per heavy atom. The summed E-state index contributed by atoms with van der Waals surface area (Å²) in [5.74, 6) is 1.31. The lowest BCUT2D eigenvalue weighted by molar-refractivity contribution is -0.123. The highest BCUT2D eigenvalue weighted by atomic mass is 16.5. The second-order valence-corrected chi connectivity index (χ2v) is 5.72. The van der Waals surface area contributed by atoms with Crippen molar-refractivity contribution in [1.82, 2.24) is 5.32 Å². The van der Waals surface area contributed by atoms with Crippen molar-refractivity contribution >= 4 is 11.6 Å². The van der Waals surface area contributed by atoms with Crippen LogP contribution in [0.5, 0.6) is 5.75 Å². The average molecular weight is 288 g/mol. The third-order valence-electron chi connectivity index (χ3n) is 4.05. The van der Waals surface area contributed by atoms with E-state index in [2.05, 4.69) is 10.5 Å². The van der Waals surface area contributed by atoms with Crippen LogP contribution in [0.4, 0.5) is 0 Å². The smallest absolute Gasteiger partial charge is 0.257 e. The lowest BCUT2D eigenvalue weighted by Crippen LogP contribution is -2.30. The summed E-state index contributed by atoms with van der Waals surface area (Å²) in [6.45, 7) is 0.797. The van der Waals surface area contributed by atoms with Gasteiger partial charge in [-0.1, -0.05) is 17.3 Å². The van der Waals surface area contributed by atoms with Crippen LogP contribution in [0.3, 0.4) is 0 Å². The molecule has 0 heterocycles. The van der Waals surface area contributed by atoms with E-state index in [4.69, 9.17) is 9.94 Å². The second kappa shape index (κ2) is 6.16. The Labute approximate surface area is 124 Å². The molecule has 0 radical (unpaired) electrons. The van der Waals surface area contributed by atoms with E-state index in [-0.39, 0.29) is 12.5 Å². The molecule has 0 atom stereocenters. The number of nitrogens with one attached hydrogen (secondary N) is 1. The van der Waals surface area contributed by atoms with Crippen LogP contribution in [0, 0.1) is 5.92 Å². The number of hydrogen-bond donors (Lipinski definition) is 2. The normalized spacial score (nSPS) is 19.1. The summed E-state index contributed by atoms with van der Waals surface area (Å²) in [6, 6.07) is 5.67. The second-order valence-electron chi connectivity index (χ2n) is 5.72. The summed E-state index contributed by atoms with van der Waals surface area (Å²) in [7, 11) is 0. The van der Waals surface area contributed by atoms with E-state index in [1.807, 2.05) is 18.2 Å². The Morgan fingerprint density at radius 1 is 1.38 bits per heavy atom. The van der Waals surface area contributed by atoms with Gasteiger partial charge in [-0.3, -0.25) is 4.79 Å². The Bertz CT molecular complexity index is 565. The van der Waals surface area contributed by atoms with Gasteiger partial charge in [-0.05, 0) is 44.1 Å². The highest BCUT2D eigenvalue weighted by molar-refractivity contribution is 6.02. The SMILES string of the molecule is O=C(COc1cccc2c1CCCC2=NO)NCC1CC1. The molecular formula is C16H20N2O3. The van der Waals surface area contributed by atoms with Crippen molar-refractivity contribution in [3.63, 3.8) is 0 Å². The van der Waals surface area contributed by atoms with E-state index in [0.29, 0.717) is 11.6 Å². The van der Waals surface area contributed by atoms with Gasteiger partial charge in [0.15, 0.2) is 6.61 Å². The molecule has 2 aliphatic rings. The first kappa shape index (κ1) is 13.9. The lowest BCUT2D eigenvalue weighted by atomic mass is 9.89. The molecule has 0 aliphatic heterocycles. The first-order valence-electron chi connectivity index (χ1n) is 7.50. The minimum Gasteiger partial charge on any atom is -0.483 e. The van der Waals surface area contributed by atoms with Crippen molar-refractivity contribution in [3.8, 4) is 5.75 Å². The molecular weight excluding hydrogens is 268 g/mol. The molecule has 1 saturated carbocycles. The summed E-state index contributed by atoms with van der Waals surface area (Å²) in [5.41, 5.74) is 2.66. The highest BCUT2D eigenvalue weighted by Crippen LogP contribution is 2.30. The van der Waals surface area contributed by atoms with Crippen molar-refractivity contribution in [2.24, 2.45) is 11.1 Å². The molecule has 1 aromatic carbocycles. The highest BCUT2D eigenvalue weighted by Gasteiger charge is 2.22. The molecule has 1 aromatic rings. The largest absolute Gasteiger partial charge is 0.483 e. The maximum absolute atomic E-state index is 11.7. The molecule has 0 aromatic heterocycles. The van der Waals surface area contributed by atoms with Crippen LogP contribution in [-0.2, 0) is 11.2 Å². The molecule has 3 rings (SSSR count). The minimum absolute atomic E-state index is 0.0365. The molecule has 0 unspecified atom stereocenters. The number of hydrogen-bond acceptors (Lipinski definition) is 4. The summed E-state index contributed by atoms with van der Waals surface area (Å²) in [6.07, 6.45) is 5.02. The standard InChI is InChI=1S/C16H20N2O3/c19-16(17-9-11-7-8-11)10-21-15-6-2-3-12-13(15)4-1-5-14(12)18-20/h2-3,6,11,20H,1,4-5,7-10H2,(H,17,19). The van der Waals surface area contributed by atoms with Gasteiger partial charge in [-0.15, -0.1) is 0 Å². The van der Waals surface area contributed by atoms with Gasteiger partial charge >= 0.3 is 0 Å². The number of nitrogens with zero attached hydrogens (tertiary/aromatic N) is 1. The number of oxime groups is 1. The molecule has 112 valence electrons. The first-order valence-corrected chi connectivity index (χ1v) is 7.50. The molecule has 5 heteroatoms. The predicted octanol–water partition coefficient (Wildman–Crippen LogP) is 2.11. The monoisotopic (exact) mass is 288 g/mol. The molecule has 0 bridgehead atoms. The summed E-state index contributed by atoms with van der Waals surface area (Å²) in [4.78, 5) is 11.7. The quantitative estimate of drug-likeness (QED) is 0.644. The van der Waals surface area contributed by atoms with Crippen molar-refractivity contribution in [1.29, 1.82) is 0 Å². The predicted molar refractivity (Wildman–Crippen MR) is 78.9 cm³/mol. The van der Waals surface area contributed by atoms with Crippen molar-refractivity contribution in [2.75, 3.05) is 13.2 Å². The van der Waals surface area contributed by atoms with Crippen LogP contribution < -0.4 is 10.1 Å². The van der Waals surface area contributed by atoms with E-state index in [1.54, 1.807) is 0 Å². The van der Waals surface area contributed by atoms with E-state index in [9.17, 15) is 4.79 Å². The Morgan fingerprint density at radius 2 is 2.24 bits per heavy atom. The molecule has 2 aliphatic carbocycles. The maximum Gasteiger partial charge on any atom is 0.257 e. The van der Waals surface area contributed by atoms with Crippen LogP contribution in [0.25, 0.3) is 0 Å². The van der Waals surface area contributed by atoms with Gasteiger partial charge in [0, 0.05) is 17.7 Å². The van der Waals surface area contributed by atoms with Crippen molar-refractivity contribution in [3.05, 3.63) is 29.3 Å². The zero-order valence-corrected chi connectivity index (χ0v) is 12.0. The zero-order chi connectivity index (χ0) is 14.7. The number of rotatable bonds is 5.